The van der Waals surface area contributed by atoms with Crippen molar-refractivity contribution in [1.82, 2.24) is 4.90 Å². The Morgan fingerprint density at radius 2 is 1.93 bits per heavy atom. The van der Waals surface area contributed by atoms with E-state index in [0.29, 0.717) is 27.2 Å². The minimum atomic E-state index is -0.117. The molecule has 0 saturated carbocycles. The Balaban J connectivity index is 1.41. The highest BCUT2D eigenvalue weighted by Gasteiger charge is 2.31. The van der Waals surface area contributed by atoms with E-state index >= 15 is 0 Å². The Morgan fingerprint density at radius 1 is 1.17 bits per heavy atom. The largest absolute Gasteiger partial charge is 0.508 e. The van der Waals surface area contributed by atoms with Gasteiger partial charge in [0.25, 0.3) is 5.91 Å². The maximum atomic E-state index is 12.6. The van der Waals surface area contributed by atoms with Crippen LogP contribution in [-0.2, 0) is 9.59 Å². The van der Waals surface area contributed by atoms with E-state index in [4.69, 9.17) is 23.8 Å². The molecule has 1 aliphatic rings. The highest BCUT2D eigenvalue weighted by atomic mass is 35.5. The number of amides is 2. The van der Waals surface area contributed by atoms with Crippen molar-refractivity contribution in [1.29, 1.82) is 0 Å². The Kier molecular flexibility index (Phi) is 7.90. The number of halogens is 1. The Labute approximate surface area is 190 Å². The van der Waals surface area contributed by atoms with Gasteiger partial charge in [-0.3, -0.25) is 14.5 Å². The van der Waals surface area contributed by atoms with Crippen molar-refractivity contribution >= 4 is 63.5 Å². The van der Waals surface area contributed by atoms with Crippen LogP contribution in [0.15, 0.2) is 53.4 Å². The molecule has 30 heavy (non-hydrogen) atoms. The van der Waals surface area contributed by atoms with Gasteiger partial charge >= 0.3 is 0 Å². The smallest absolute Gasteiger partial charge is 0.266 e. The maximum absolute atomic E-state index is 12.6. The third kappa shape index (κ3) is 6.32. The molecule has 1 heterocycles. The molecule has 156 valence electrons. The van der Waals surface area contributed by atoms with Crippen molar-refractivity contribution < 1.29 is 14.7 Å². The van der Waals surface area contributed by atoms with Crippen LogP contribution in [0.2, 0.25) is 5.02 Å². The summed E-state index contributed by atoms with van der Waals surface area (Å²) in [7, 11) is 0. The van der Waals surface area contributed by atoms with Gasteiger partial charge in [0, 0.05) is 23.7 Å². The monoisotopic (exact) mass is 460 g/mol. The summed E-state index contributed by atoms with van der Waals surface area (Å²) in [5.41, 5.74) is 1.47. The number of aromatic hydroxyl groups is 1. The van der Waals surface area contributed by atoms with E-state index in [1.54, 1.807) is 53.4 Å². The lowest BCUT2D eigenvalue weighted by Crippen LogP contribution is -2.29. The molecule has 0 atom stereocenters. The molecule has 1 saturated heterocycles. The fourth-order valence-electron chi connectivity index (χ4n) is 2.95. The van der Waals surface area contributed by atoms with E-state index in [1.165, 1.54) is 11.8 Å². The summed E-state index contributed by atoms with van der Waals surface area (Å²) >= 11 is 12.4. The molecular formula is C22H21ClN2O3S2. The lowest BCUT2D eigenvalue weighted by Gasteiger charge is -2.14. The van der Waals surface area contributed by atoms with Crippen LogP contribution in [-0.4, -0.2) is 32.7 Å². The number of carbonyl (C=O) groups is 2. The first-order chi connectivity index (χ1) is 14.4. The van der Waals surface area contributed by atoms with Crippen LogP contribution in [0, 0.1) is 0 Å². The number of benzene rings is 2. The summed E-state index contributed by atoms with van der Waals surface area (Å²) in [6.07, 6.45) is 4.46. The summed E-state index contributed by atoms with van der Waals surface area (Å²) in [6.45, 7) is 0.529. The highest BCUT2D eigenvalue weighted by molar-refractivity contribution is 8.26. The van der Waals surface area contributed by atoms with Crippen LogP contribution in [0.5, 0.6) is 5.75 Å². The van der Waals surface area contributed by atoms with E-state index < -0.39 is 0 Å². The number of carbonyl (C=O) groups excluding carboxylic acids is 2. The molecule has 1 fully saturated rings. The van der Waals surface area contributed by atoms with Crippen molar-refractivity contribution in [3.63, 3.8) is 0 Å². The minimum absolute atomic E-state index is 0.0445. The predicted octanol–water partition coefficient (Wildman–Crippen LogP) is 5.45. The number of anilines is 1. The first kappa shape index (κ1) is 22.3. The van der Waals surface area contributed by atoms with Gasteiger partial charge in [0.2, 0.25) is 5.91 Å². The highest BCUT2D eigenvalue weighted by Crippen LogP contribution is 2.33. The second-order valence-corrected chi connectivity index (χ2v) is 8.91. The standard InChI is InChI=1S/C22H21ClN2O3S2/c23-16-8-10-17(11-9-16)24-20(27)7-2-1-3-12-25-21(28)19(30-22(25)29)14-15-5-4-6-18(26)13-15/h4-6,8-11,13-14,26H,1-3,7,12H2,(H,24,27)/b19-14-. The fourth-order valence-corrected chi connectivity index (χ4v) is 4.38. The fraction of sp³-hybridized carbons (Fsp3) is 0.227. The number of unbranched alkanes of at least 4 members (excludes halogenated alkanes) is 2. The number of phenolic OH excluding ortho intramolecular Hbond substituents is 1. The van der Waals surface area contributed by atoms with E-state index in [9.17, 15) is 14.7 Å². The summed E-state index contributed by atoms with van der Waals surface area (Å²) in [4.78, 5) is 26.8. The molecule has 0 unspecified atom stereocenters. The summed E-state index contributed by atoms with van der Waals surface area (Å²) < 4.78 is 0.534. The number of nitrogens with one attached hydrogen (secondary N) is 1. The third-order valence-corrected chi connectivity index (χ3v) is 6.08. The average molecular weight is 461 g/mol. The minimum Gasteiger partial charge on any atom is -0.508 e. The molecule has 8 heteroatoms. The van der Waals surface area contributed by atoms with Crippen molar-refractivity contribution in [2.75, 3.05) is 11.9 Å². The molecule has 0 aliphatic carbocycles. The summed E-state index contributed by atoms with van der Waals surface area (Å²) in [5.74, 6) is -0.00914. The number of phenols is 1. The molecule has 0 aromatic heterocycles. The zero-order valence-electron chi connectivity index (χ0n) is 16.1. The molecule has 5 nitrogen and oxygen atoms in total. The van der Waals surface area contributed by atoms with Crippen LogP contribution < -0.4 is 5.32 Å². The number of nitrogens with zero attached hydrogens (tertiary/aromatic N) is 1. The van der Waals surface area contributed by atoms with Crippen LogP contribution in [0.4, 0.5) is 5.69 Å². The average Bonchev–Trinajstić information content (AvgIpc) is 2.96. The third-order valence-electron chi connectivity index (χ3n) is 4.46. The summed E-state index contributed by atoms with van der Waals surface area (Å²) in [6, 6.07) is 13.7. The molecule has 0 radical (unpaired) electrons. The molecule has 2 aromatic rings. The summed E-state index contributed by atoms with van der Waals surface area (Å²) in [5, 5.41) is 13.0. The number of hydrogen-bond acceptors (Lipinski definition) is 5. The molecule has 1 aliphatic heterocycles. The predicted molar refractivity (Wildman–Crippen MR) is 127 cm³/mol. The van der Waals surface area contributed by atoms with Crippen molar-refractivity contribution in [2.45, 2.75) is 25.7 Å². The van der Waals surface area contributed by atoms with Crippen LogP contribution in [0.25, 0.3) is 6.08 Å². The Bertz CT molecular complexity index is 977. The topological polar surface area (TPSA) is 69.6 Å². The molecular weight excluding hydrogens is 440 g/mol. The molecule has 0 spiro atoms. The number of thiocarbonyl (C=S) groups is 1. The van der Waals surface area contributed by atoms with Crippen molar-refractivity contribution in [3.05, 3.63) is 64.0 Å². The first-order valence-corrected chi connectivity index (χ1v) is 11.1. The van der Waals surface area contributed by atoms with Gasteiger partial charge < -0.3 is 10.4 Å². The normalized spacial score (nSPS) is 15.1. The second kappa shape index (κ2) is 10.6. The van der Waals surface area contributed by atoms with Gasteiger partial charge in [-0.05, 0) is 60.9 Å². The lowest BCUT2D eigenvalue weighted by atomic mass is 10.1. The van der Waals surface area contributed by atoms with E-state index in [-0.39, 0.29) is 17.6 Å². The van der Waals surface area contributed by atoms with Gasteiger partial charge in [-0.2, -0.15) is 0 Å². The van der Waals surface area contributed by atoms with Gasteiger partial charge in [-0.1, -0.05) is 54.1 Å². The zero-order valence-corrected chi connectivity index (χ0v) is 18.5. The number of hydrogen-bond donors (Lipinski definition) is 2. The molecule has 2 aromatic carbocycles. The lowest BCUT2D eigenvalue weighted by molar-refractivity contribution is -0.122. The number of rotatable bonds is 8. The quantitative estimate of drug-likeness (QED) is 0.311. The Hall–Kier alpha value is -2.35. The molecule has 2 amide bonds. The van der Waals surface area contributed by atoms with E-state index in [0.717, 1.165) is 30.5 Å². The van der Waals surface area contributed by atoms with E-state index in [1.807, 2.05) is 6.07 Å². The number of thioether (sulfide) groups is 1. The zero-order chi connectivity index (χ0) is 21.5. The molecule has 2 N–H and O–H groups in total. The Morgan fingerprint density at radius 3 is 2.67 bits per heavy atom. The van der Waals surface area contributed by atoms with Crippen LogP contribution >= 0.6 is 35.6 Å². The maximum Gasteiger partial charge on any atom is 0.266 e. The van der Waals surface area contributed by atoms with E-state index in [2.05, 4.69) is 5.32 Å². The van der Waals surface area contributed by atoms with Gasteiger partial charge in [0.05, 0.1) is 4.91 Å². The van der Waals surface area contributed by atoms with Gasteiger partial charge in [-0.25, -0.2) is 0 Å². The SMILES string of the molecule is O=C(CCCCCN1C(=O)/C(=C/c2cccc(O)c2)SC1=S)Nc1ccc(Cl)cc1. The first-order valence-electron chi connectivity index (χ1n) is 9.52. The van der Waals surface area contributed by atoms with Gasteiger partial charge in [0.15, 0.2) is 0 Å². The van der Waals surface area contributed by atoms with Gasteiger partial charge in [-0.15, -0.1) is 0 Å². The molecule has 0 bridgehead atoms. The van der Waals surface area contributed by atoms with Crippen molar-refractivity contribution in [3.8, 4) is 5.75 Å². The molecule has 3 rings (SSSR count). The van der Waals surface area contributed by atoms with Crippen LogP contribution in [0.1, 0.15) is 31.2 Å². The second-order valence-electron chi connectivity index (χ2n) is 6.79. The van der Waals surface area contributed by atoms with Gasteiger partial charge in [0.1, 0.15) is 10.1 Å². The van der Waals surface area contributed by atoms with Crippen molar-refractivity contribution in [2.24, 2.45) is 0 Å². The van der Waals surface area contributed by atoms with Crippen LogP contribution in [0.3, 0.4) is 0 Å².